The normalized spacial score (nSPS) is 21.8. The van der Waals surface area contributed by atoms with Crippen LogP contribution in [-0.4, -0.2) is 58.1 Å². The first kappa shape index (κ1) is 15.5. The van der Waals surface area contributed by atoms with E-state index in [9.17, 15) is 9.90 Å². The van der Waals surface area contributed by atoms with Crippen molar-refractivity contribution >= 4 is 40.3 Å². The standard InChI is InChI=1S/C15H16N2O3S2/c18-12-4-2-1-3-11(12)9-13-14(19)17(15(21)22-13)10-16-5-7-20-8-6-16/h1-4,9,18H,5-8,10H2/b13-9-. The molecule has 22 heavy (non-hydrogen) atoms. The second-order valence-corrected chi connectivity index (χ2v) is 6.72. The van der Waals surface area contributed by atoms with Crippen molar-refractivity contribution in [3.8, 4) is 5.75 Å². The van der Waals surface area contributed by atoms with Crippen molar-refractivity contribution in [3.05, 3.63) is 34.7 Å². The Morgan fingerprint density at radius 2 is 2.05 bits per heavy atom. The highest BCUT2D eigenvalue weighted by Gasteiger charge is 2.33. The van der Waals surface area contributed by atoms with E-state index in [2.05, 4.69) is 4.90 Å². The molecule has 2 saturated heterocycles. The van der Waals surface area contributed by atoms with Crippen LogP contribution < -0.4 is 0 Å². The number of benzene rings is 1. The van der Waals surface area contributed by atoms with Crippen molar-refractivity contribution in [2.75, 3.05) is 33.0 Å². The third-order valence-corrected chi connectivity index (χ3v) is 4.92. The van der Waals surface area contributed by atoms with Gasteiger partial charge < -0.3 is 9.84 Å². The van der Waals surface area contributed by atoms with Gasteiger partial charge in [-0.05, 0) is 12.1 Å². The quantitative estimate of drug-likeness (QED) is 0.672. The summed E-state index contributed by atoms with van der Waals surface area (Å²) in [5, 5.41) is 9.82. The van der Waals surface area contributed by atoms with Crippen molar-refractivity contribution in [1.82, 2.24) is 9.80 Å². The number of rotatable bonds is 3. The smallest absolute Gasteiger partial charge is 0.267 e. The van der Waals surface area contributed by atoms with Gasteiger partial charge in [0.1, 0.15) is 10.1 Å². The molecule has 0 aliphatic carbocycles. The van der Waals surface area contributed by atoms with Crippen LogP contribution in [-0.2, 0) is 9.53 Å². The summed E-state index contributed by atoms with van der Waals surface area (Å²) in [6, 6.07) is 6.93. The van der Waals surface area contributed by atoms with E-state index < -0.39 is 0 Å². The monoisotopic (exact) mass is 336 g/mol. The van der Waals surface area contributed by atoms with Gasteiger partial charge in [0.15, 0.2) is 0 Å². The number of para-hydroxylation sites is 1. The average Bonchev–Trinajstić information content (AvgIpc) is 2.78. The lowest BCUT2D eigenvalue weighted by Crippen LogP contribution is -2.45. The molecule has 2 heterocycles. The van der Waals surface area contributed by atoms with E-state index in [1.54, 1.807) is 29.2 Å². The van der Waals surface area contributed by atoms with Gasteiger partial charge in [-0.25, -0.2) is 0 Å². The summed E-state index contributed by atoms with van der Waals surface area (Å²) in [5.74, 6) is 0.0469. The Morgan fingerprint density at radius 1 is 1.32 bits per heavy atom. The van der Waals surface area contributed by atoms with Crippen LogP contribution in [0.25, 0.3) is 6.08 Å². The van der Waals surface area contributed by atoms with Crippen LogP contribution in [0.5, 0.6) is 5.75 Å². The first-order valence-corrected chi connectivity index (χ1v) is 8.21. The van der Waals surface area contributed by atoms with Gasteiger partial charge in [-0.2, -0.15) is 0 Å². The number of hydrogen-bond donors (Lipinski definition) is 1. The molecule has 2 aliphatic heterocycles. The predicted octanol–water partition coefficient (Wildman–Crippen LogP) is 1.88. The first-order valence-electron chi connectivity index (χ1n) is 6.98. The summed E-state index contributed by atoms with van der Waals surface area (Å²) in [7, 11) is 0. The molecule has 7 heteroatoms. The lowest BCUT2D eigenvalue weighted by molar-refractivity contribution is -0.124. The number of aromatic hydroxyl groups is 1. The van der Waals surface area contributed by atoms with E-state index in [1.807, 2.05) is 6.07 Å². The molecule has 3 rings (SSSR count). The Balaban J connectivity index is 1.75. The fourth-order valence-corrected chi connectivity index (χ4v) is 3.55. The van der Waals surface area contributed by atoms with E-state index in [1.165, 1.54) is 11.8 Å². The minimum absolute atomic E-state index is 0.107. The molecular weight excluding hydrogens is 320 g/mol. The van der Waals surface area contributed by atoms with Crippen LogP contribution in [0.2, 0.25) is 0 Å². The van der Waals surface area contributed by atoms with Gasteiger partial charge in [-0.3, -0.25) is 14.6 Å². The Hall–Kier alpha value is -1.41. The third kappa shape index (κ3) is 3.33. The molecule has 0 atom stereocenters. The molecule has 116 valence electrons. The number of amides is 1. The highest BCUT2D eigenvalue weighted by atomic mass is 32.2. The number of phenols is 1. The zero-order valence-electron chi connectivity index (χ0n) is 11.9. The number of hydrogen-bond acceptors (Lipinski definition) is 6. The lowest BCUT2D eigenvalue weighted by atomic mass is 10.2. The first-order chi connectivity index (χ1) is 10.6. The fraction of sp³-hybridized carbons (Fsp3) is 0.333. The molecule has 0 aromatic heterocycles. The zero-order valence-corrected chi connectivity index (χ0v) is 13.5. The van der Waals surface area contributed by atoms with Gasteiger partial charge in [0, 0.05) is 18.7 Å². The number of carbonyl (C=O) groups excluding carboxylic acids is 1. The van der Waals surface area contributed by atoms with Crippen molar-refractivity contribution in [2.24, 2.45) is 0 Å². The Labute approximate surface area is 138 Å². The lowest BCUT2D eigenvalue weighted by Gasteiger charge is -2.29. The summed E-state index contributed by atoms with van der Waals surface area (Å²) in [5.41, 5.74) is 0.620. The fourth-order valence-electron chi connectivity index (χ4n) is 2.32. The van der Waals surface area contributed by atoms with Gasteiger partial charge in [-0.15, -0.1) is 0 Å². The zero-order chi connectivity index (χ0) is 15.5. The Morgan fingerprint density at radius 3 is 2.77 bits per heavy atom. The Kier molecular flexibility index (Phi) is 4.77. The number of carbonyl (C=O) groups is 1. The maximum absolute atomic E-state index is 12.5. The van der Waals surface area contributed by atoms with E-state index >= 15 is 0 Å². The summed E-state index contributed by atoms with van der Waals surface area (Å²) in [4.78, 5) is 16.8. The van der Waals surface area contributed by atoms with Gasteiger partial charge >= 0.3 is 0 Å². The molecule has 0 saturated carbocycles. The van der Waals surface area contributed by atoms with Crippen LogP contribution >= 0.6 is 24.0 Å². The number of phenolic OH excluding ortho intramolecular Hbond substituents is 1. The summed E-state index contributed by atoms with van der Waals surface area (Å²) < 4.78 is 5.86. The molecule has 0 unspecified atom stereocenters. The SMILES string of the molecule is O=C1/C(=C/c2ccccc2O)SC(=S)N1CN1CCOCC1. The maximum Gasteiger partial charge on any atom is 0.267 e. The minimum atomic E-state index is -0.107. The second kappa shape index (κ2) is 6.78. The van der Waals surface area contributed by atoms with Gasteiger partial charge in [0.2, 0.25) is 0 Å². The van der Waals surface area contributed by atoms with Crippen LogP contribution in [0.1, 0.15) is 5.56 Å². The summed E-state index contributed by atoms with van der Waals surface area (Å²) >= 11 is 6.59. The molecule has 1 aromatic carbocycles. The van der Waals surface area contributed by atoms with E-state index in [0.717, 1.165) is 13.1 Å². The van der Waals surface area contributed by atoms with Crippen molar-refractivity contribution < 1.29 is 14.6 Å². The molecule has 1 N–H and O–H groups in total. The molecule has 0 radical (unpaired) electrons. The molecule has 2 fully saturated rings. The minimum Gasteiger partial charge on any atom is -0.507 e. The molecular formula is C15H16N2O3S2. The maximum atomic E-state index is 12.5. The molecule has 1 aromatic rings. The largest absolute Gasteiger partial charge is 0.507 e. The van der Waals surface area contributed by atoms with E-state index in [4.69, 9.17) is 17.0 Å². The van der Waals surface area contributed by atoms with Crippen LogP contribution in [0.4, 0.5) is 0 Å². The van der Waals surface area contributed by atoms with Gasteiger partial charge in [-0.1, -0.05) is 42.2 Å². The molecule has 5 nitrogen and oxygen atoms in total. The average molecular weight is 336 g/mol. The molecule has 0 spiro atoms. The van der Waals surface area contributed by atoms with Crippen LogP contribution in [0, 0.1) is 0 Å². The number of thioether (sulfide) groups is 1. The Bertz CT molecular complexity index is 627. The van der Waals surface area contributed by atoms with Crippen molar-refractivity contribution in [2.45, 2.75) is 0 Å². The van der Waals surface area contributed by atoms with E-state index in [-0.39, 0.29) is 11.7 Å². The summed E-state index contributed by atoms with van der Waals surface area (Å²) in [6.07, 6.45) is 1.69. The van der Waals surface area contributed by atoms with Gasteiger partial charge in [0.25, 0.3) is 5.91 Å². The number of nitrogens with zero attached hydrogens (tertiary/aromatic N) is 2. The number of morpholine rings is 1. The number of ether oxygens (including phenoxy) is 1. The molecule has 0 bridgehead atoms. The second-order valence-electron chi connectivity index (χ2n) is 5.04. The van der Waals surface area contributed by atoms with Gasteiger partial charge in [0.05, 0.1) is 24.8 Å². The topological polar surface area (TPSA) is 53.0 Å². The van der Waals surface area contributed by atoms with Crippen LogP contribution in [0.15, 0.2) is 29.2 Å². The molecule has 2 aliphatic rings. The van der Waals surface area contributed by atoms with Crippen LogP contribution in [0.3, 0.4) is 0 Å². The highest BCUT2D eigenvalue weighted by Crippen LogP contribution is 2.34. The predicted molar refractivity (Wildman–Crippen MR) is 90.4 cm³/mol. The summed E-state index contributed by atoms with van der Waals surface area (Å²) in [6.45, 7) is 3.46. The van der Waals surface area contributed by atoms with Crippen molar-refractivity contribution in [3.63, 3.8) is 0 Å². The molecule has 1 amide bonds. The highest BCUT2D eigenvalue weighted by molar-refractivity contribution is 8.26. The third-order valence-electron chi connectivity index (χ3n) is 3.54. The van der Waals surface area contributed by atoms with E-state index in [0.29, 0.717) is 34.7 Å². The van der Waals surface area contributed by atoms with Crippen molar-refractivity contribution in [1.29, 1.82) is 0 Å². The number of thiocarbonyl (C=S) groups is 1.